The number of carbonyl (C=O) groups excluding carboxylic acids is 2. The summed E-state index contributed by atoms with van der Waals surface area (Å²) < 4.78 is 2.59. The minimum atomic E-state index is -1.26. The van der Waals surface area contributed by atoms with Crippen LogP contribution in [-0.2, 0) is 0 Å². The van der Waals surface area contributed by atoms with Crippen molar-refractivity contribution < 1.29 is 9.59 Å². The van der Waals surface area contributed by atoms with Gasteiger partial charge in [0.25, 0.3) is 0 Å². The molecule has 0 aliphatic rings. The first-order valence-electron chi connectivity index (χ1n) is 8.20. The largest absolute Gasteiger partial charge is 0.291 e. The van der Waals surface area contributed by atoms with Crippen LogP contribution in [0.5, 0.6) is 0 Å². The van der Waals surface area contributed by atoms with Gasteiger partial charge in [-0.2, -0.15) is 10.2 Å². The fourth-order valence-corrected chi connectivity index (χ4v) is 3.19. The second-order valence-electron chi connectivity index (χ2n) is 5.84. The molecule has 0 aromatic heterocycles. The molecular formula is C21H13Br3N2O2. The van der Waals surface area contributed by atoms with Crippen molar-refractivity contribution in [3.05, 3.63) is 97.3 Å². The highest BCUT2D eigenvalue weighted by atomic mass is 79.9. The van der Waals surface area contributed by atoms with Crippen molar-refractivity contribution >= 4 is 65.0 Å². The summed E-state index contributed by atoms with van der Waals surface area (Å²) in [6.45, 7) is 0. The van der Waals surface area contributed by atoms with Gasteiger partial charge in [0.2, 0.25) is 0 Å². The molecule has 0 saturated carbocycles. The molecule has 0 radical (unpaired) electrons. The number of halogens is 3. The predicted molar refractivity (Wildman–Crippen MR) is 119 cm³/mol. The van der Waals surface area contributed by atoms with Crippen molar-refractivity contribution in [2.45, 2.75) is 6.04 Å². The van der Waals surface area contributed by atoms with Crippen LogP contribution in [-0.4, -0.2) is 17.6 Å². The first-order chi connectivity index (χ1) is 13.4. The van der Waals surface area contributed by atoms with E-state index in [0.717, 1.165) is 13.4 Å². The van der Waals surface area contributed by atoms with E-state index in [1.807, 2.05) is 12.1 Å². The number of rotatable bonds is 6. The maximum atomic E-state index is 13.0. The number of hydrogen-bond acceptors (Lipinski definition) is 4. The maximum Gasteiger partial charge on any atom is 0.197 e. The number of nitrogens with zero attached hydrogens (tertiary/aromatic N) is 2. The lowest BCUT2D eigenvalue weighted by Gasteiger charge is -2.10. The monoisotopic (exact) mass is 562 g/mol. The van der Waals surface area contributed by atoms with E-state index >= 15 is 0 Å². The Balaban J connectivity index is 1.95. The molecule has 28 heavy (non-hydrogen) atoms. The van der Waals surface area contributed by atoms with Crippen molar-refractivity contribution in [1.82, 2.24) is 0 Å². The summed E-state index contributed by atoms with van der Waals surface area (Å²) in [6.07, 6.45) is 0. The molecule has 0 atom stereocenters. The average molecular weight is 565 g/mol. The third-order valence-electron chi connectivity index (χ3n) is 3.87. The minimum Gasteiger partial charge on any atom is -0.291 e. The second kappa shape index (κ2) is 9.49. The van der Waals surface area contributed by atoms with Gasteiger partial charge in [-0.15, -0.1) is 0 Å². The third-order valence-corrected chi connectivity index (χ3v) is 5.46. The molecule has 0 fully saturated rings. The Kier molecular flexibility index (Phi) is 7.04. The van der Waals surface area contributed by atoms with Gasteiger partial charge in [-0.1, -0.05) is 72.1 Å². The van der Waals surface area contributed by atoms with Crippen LogP contribution < -0.4 is 0 Å². The molecule has 4 nitrogen and oxygen atoms in total. The van der Waals surface area contributed by atoms with Gasteiger partial charge >= 0.3 is 0 Å². The molecule has 3 aromatic rings. The van der Waals surface area contributed by atoms with Crippen LogP contribution in [0.25, 0.3) is 0 Å². The highest BCUT2D eigenvalue weighted by Crippen LogP contribution is 2.21. The predicted octanol–water partition coefficient (Wildman–Crippen LogP) is 7.19. The summed E-state index contributed by atoms with van der Waals surface area (Å²) >= 11 is 10.0. The van der Waals surface area contributed by atoms with Gasteiger partial charge in [-0.3, -0.25) is 9.59 Å². The molecule has 3 aromatic carbocycles. The van der Waals surface area contributed by atoms with Gasteiger partial charge in [0.1, 0.15) is 0 Å². The molecule has 0 N–H and O–H groups in total. The van der Waals surface area contributed by atoms with Crippen molar-refractivity contribution in [2.24, 2.45) is 10.2 Å². The highest BCUT2D eigenvalue weighted by Gasteiger charge is 2.28. The molecule has 0 saturated heterocycles. The van der Waals surface area contributed by atoms with E-state index in [2.05, 4.69) is 58.0 Å². The Bertz CT molecular complexity index is 958. The minimum absolute atomic E-state index is 0.397. The number of Topliss-reactive ketones (excluding diaryl/α,β-unsaturated/α-hetero) is 2. The van der Waals surface area contributed by atoms with Crippen LogP contribution in [0.4, 0.5) is 5.69 Å². The molecule has 0 amide bonds. The number of azo groups is 1. The van der Waals surface area contributed by atoms with E-state index in [-0.39, 0.29) is 0 Å². The van der Waals surface area contributed by atoms with E-state index in [1.165, 1.54) is 0 Å². The normalized spacial score (nSPS) is 11.1. The summed E-state index contributed by atoms with van der Waals surface area (Å²) in [5, 5.41) is 8.23. The van der Waals surface area contributed by atoms with E-state index in [0.29, 0.717) is 16.8 Å². The van der Waals surface area contributed by atoms with Crippen molar-refractivity contribution in [1.29, 1.82) is 0 Å². The Morgan fingerprint density at radius 3 is 1.36 bits per heavy atom. The van der Waals surface area contributed by atoms with Gasteiger partial charge in [0.15, 0.2) is 17.6 Å². The fourth-order valence-electron chi connectivity index (χ4n) is 2.40. The number of ketones is 2. The molecule has 0 heterocycles. The number of benzene rings is 3. The second-order valence-corrected chi connectivity index (χ2v) is 8.58. The molecule has 0 bridgehead atoms. The Morgan fingerprint density at radius 1 is 0.607 bits per heavy atom. The van der Waals surface area contributed by atoms with Crippen LogP contribution in [0.3, 0.4) is 0 Å². The zero-order chi connectivity index (χ0) is 20.1. The van der Waals surface area contributed by atoms with Crippen LogP contribution in [0.1, 0.15) is 20.7 Å². The van der Waals surface area contributed by atoms with Crippen molar-refractivity contribution in [2.75, 3.05) is 0 Å². The zero-order valence-corrected chi connectivity index (χ0v) is 19.1. The van der Waals surface area contributed by atoms with Gasteiger partial charge in [0, 0.05) is 24.5 Å². The Morgan fingerprint density at radius 2 is 0.964 bits per heavy atom. The first-order valence-corrected chi connectivity index (χ1v) is 10.6. The average Bonchev–Trinajstić information content (AvgIpc) is 2.70. The Hall–Kier alpha value is -1.96. The van der Waals surface area contributed by atoms with E-state index in [1.54, 1.807) is 60.7 Å². The summed E-state index contributed by atoms with van der Waals surface area (Å²) in [6, 6.07) is 19.5. The summed E-state index contributed by atoms with van der Waals surface area (Å²) in [7, 11) is 0. The Labute approximate surface area is 187 Å². The smallest absolute Gasteiger partial charge is 0.197 e. The van der Waals surface area contributed by atoms with Crippen LogP contribution >= 0.6 is 47.8 Å². The summed E-state index contributed by atoms with van der Waals surface area (Å²) in [5.74, 6) is -0.803. The summed E-state index contributed by atoms with van der Waals surface area (Å²) in [4.78, 5) is 26.0. The number of carbonyl (C=O) groups is 2. The van der Waals surface area contributed by atoms with E-state index in [9.17, 15) is 9.59 Å². The molecular weight excluding hydrogens is 552 g/mol. The molecule has 7 heteroatoms. The van der Waals surface area contributed by atoms with E-state index < -0.39 is 17.6 Å². The van der Waals surface area contributed by atoms with Crippen LogP contribution in [0.2, 0.25) is 0 Å². The lowest BCUT2D eigenvalue weighted by Crippen LogP contribution is -2.28. The van der Waals surface area contributed by atoms with E-state index in [4.69, 9.17) is 0 Å². The molecule has 0 unspecified atom stereocenters. The third kappa shape index (κ3) is 5.31. The quantitative estimate of drug-likeness (QED) is 0.181. The van der Waals surface area contributed by atoms with Crippen molar-refractivity contribution in [3.63, 3.8) is 0 Å². The fraction of sp³-hybridized carbons (Fsp3) is 0.0476. The molecule has 3 rings (SSSR count). The molecule has 140 valence electrons. The number of hydrogen-bond donors (Lipinski definition) is 0. The van der Waals surface area contributed by atoms with Gasteiger partial charge in [-0.05, 0) is 48.5 Å². The lowest BCUT2D eigenvalue weighted by molar-refractivity contribution is 0.0861. The van der Waals surface area contributed by atoms with Crippen molar-refractivity contribution in [3.8, 4) is 0 Å². The first kappa shape index (κ1) is 20.8. The SMILES string of the molecule is O=C(c1ccc(Br)cc1)C(N=Nc1ccc(Br)cc1)C(=O)c1ccc(Br)cc1. The van der Waals surface area contributed by atoms with Gasteiger partial charge in [-0.25, -0.2) is 0 Å². The topological polar surface area (TPSA) is 58.9 Å². The van der Waals surface area contributed by atoms with Gasteiger partial charge < -0.3 is 0 Å². The zero-order valence-electron chi connectivity index (χ0n) is 14.4. The summed E-state index contributed by atoms with van der Waals surface area (Å²) in [5.41, 5.74) is 1.35. The van der Waals surface area contributed by atoms with Crippen LogP contribution in [0.15, 0.2) is 96.4 Å². The highest BCUT2D eigenvalue weighted by molar-refractivity contribution is 9.11. The lowest BCUT2D eigenvalue weighted by atomic mass is 9.97. The molecule has 0 aliphatic heterocycles. The molecule has 0 aliphatic carbocycles. The van der Waals surface area contributed by atoms with Gasteiger partial charge in [0.05, 0.1) is 5.69 Å². The van der Waals surface area contributed by atoms with Crippen LogP contribution in [0, 0.1) is 0 Å². The molecule has 0 spiro atoms. The maximum absolute atomic E-state index is 13.0. The standard InChI is InChI=1S/C21H13Br3N2O2/c22-15-5-1-13(2-6-15)20(27)19(21(28)14-3-7-16(23)8-4-14)26-25-18-11-9-17(24)10-12-18/h1-12,19H.